The molecule has 130 valence electrons. The van der Waals surface area contributed by atoms with E-state index >= 15 is 0 Å². The Labute approximate surface area is 149 Å². The fourth-order valence-electron chi connectivity index (χ4n) is 3.68. The number of esters is 1. The quantitative estimate of drug-likeness (QED) is 0.652. The first kappa shape index (κ1) is 17.4. The minimum absolute atomic E-state index is 0.00913. The second kappa shape index (κ2) is 6.16. The van der Waals surface area contributed by atoms with Crippen LogP contribution in [0, 0.1) is 0 Å². The maximum Gasteiger partial charge on any atom is 0.337 e. The molecule has 1 aliphatic rings. The molecule has 0 unspecified atom stereocenters. The van der Waals surface area contributed by atoms with E-state index in [0.717, 1.165) is 5.56 Å². The van der Waals surface area contributed by atoms with Gasteiger partial charge < -0.3 is 4.74 Å². The van der Waals surface area contributed by atoms with E-state index in [4.69, 9.17) is 4.74 Å². The van der Waals surface area contributed by atoms with E-state index in [1.165, 1.54) is 23.8 Å². The van der Waals surface area contributed by atoms with Gasteiger partial charge in [-0.3, -0.25) is 5.32 Å². The highest BCUT2D eigenvalue weighted by Gasteiger charge is 2.40. The SMILES string of the molecule is COC(=O)c1ccc(C=Cc2ccc3c(c2)C(C)(C)NC3(C)C)cc1. The van der Waals surface area contributed by atoms with Crippen LogP contribution in [0.15, 0.2) is 42.5 Å². The summed E-state index contributed by atoms with van der Waals surface area (Å²) in [4.78, 5) is 11.5. The predicted molar refractivity (Wildman–Crippen MR) is 102 cm³/mol. The number of fused-ring (bicyclic) bond motifs is 1. The lowest BCUT2D eigenvalue weighted by molar-refractivity contribution is 0.0600. The van der Waals surface area contributed by atoms with Crippen molar-refractivity contribution in [2.75, 3.05) is 7.11 Å². The van der Waals surface area contributed by atoms with E-state index < -0.39 is 0 Å². The Morgan fingerprint density at radius 1 is 0.880 bits per heavy atom. The third kappa shape index (κ3) is 3.38. The number of carbonyl (C=O) groups is 1. The van der Waals surface area contributed by atoms with Crippen LogP contribution in [-0.2, 0) is 15.8 Å². The van der Waals surface area contributed by atoms with Gasteiger partial charge in [-0.15, -0.1) is 0 Å². The molecule has 1 N–H and O–H groups in total. The van der Waals surface area contributed by atoms with E-state index in [1.807, 2.05) is 12.1 Å². The number of benzene rings is 2. The Balaban J connectivity index is 1.85. The number of carbonyl (C=O) groups excluding carboxylic acids is 1. The zero-order valence-electron chi connectivity index (χ0n) is 15.5. The number of methoxy groups -OCH3 is 1. The van der Waals surface area contributed by atoms with Crippen molar-refractivity contribution in [2.24, 2.45) is 0 Å². The van der Waals surface area contributed by atoms with Crippen LogP contribution in [0.1, 0.15) is 60.3 Å². The van der Waals surface area contributed by atoms with E-state index in [1.54, 1.807) is 12.1 Å². The summed E-state index contributed by atoms with van der Waals surface area (Å²) in [5.74, 6) is -0.313. The Morgan fingerprint density at radius 2 is 1.44 bits per heavy atom. The smallest absolute Gasteiger partial charge is 0.337 e. The molecular formula is C22H25NO2. The van der Waals surface area contributed by atoms with Crippen molar-refractivity contribution >= 4 is 18.1 Å². The number of nitrogens with one attached hydrogen (secondary N) is 1. The summed E-state index contributed by atoms with van der Waals surface area (Å²) >= 11 is 0. The van der Waals surface area contributed by atoms with Crippen LogP contribution in [-0.4, -0.2) is 13.1 Å². The molecule has 2 aromatic carbocycles. The first-order valence-corrected chi connectivity index (χ1v) is 8.54. The molecule has 1 heterocycles. The second-order valence-electron chi connectivity index (χ2n) is 7.63. The summed E-state index contributed by atoms with van der Waals surface area (Å²) in [6.07, 6.45) is 4.16. The van der Waals surface area contributed by atoms with Crippen molar-refractivity contribution in [3.05, 3.63) is 70.3 Å². The van der Waals surface area contributed by atoms with Crippen LogP contribution in [0.2, 0.25) is 0 Å². The van der Waals surface area contributed by atoms with Gasteiger partial charge in [0.05, 0.1) is 12.7 Å². The van der Waals surface area contributed by atoms with Crippen molar-refractivity contribution in [3.8, 4) is 0 Å². The maximum atomic E-state index is 11.5. The summed E-state index contributed by atoms with van der Waals surface area (Å²) in [7, 11) is 1.39. The Morgan fingerprint density at radius 3 is 2.08 bits per heavy atom. The molecule has 0 saturated heterocycles. The van der Waals surface area contributed by atoms with Crippen LogP contribution >= 0.6 is 0 Å². The number of hydrogen-bond acceptors (Lipinski definition) is 3. The lowest BCUT2D eigenvalue weighted by atomic mass is 9.89. The molecule has 3 rings (SSSR count). The maximum absolute atomic E-state index is 11.5. The van der Waals surface area contributed by atoms with Gasteiger partial charge >= 0.3 is 5.97 Å². The molecule has 1 aliphatic heterocycles. The van der Waals surface area contributed by atoms with Gasteiger partial charge in [0.2, 0.25) is 0 Å². The van der Waals surface area contributed by atoms with Crippen LogP contribution in [0.5, 0.6) is 0 Å². The van der Waals surface area contributed by atoms with E-state index in [9.17, 15) is 4.79 Å². The van der Waals surface area contributed by atoms with Gasteiger partial charge in [-0.05, 0) is 68.1 Å². The third-order valence-electron chi connectivity index (χ3n) is 4.82. The molecule has 0 bridgehead atoms. The summed E-state index contributed by atoms with van der Waals surface area (Å²) in [6.45, 7) is 8.89. The van der Waals surface area contributed by atoms with Crippen molar-refractivity contribution in [1.29, 1.82) is 0 Å². The topological polar surface area (TPSA) is 38.3 Å². The largest absolute Gasteiger partial charge is 0.465 e. The lowest BCUT2D eigenvalue weighted by Crippen LogP contribution is -2.39. The molecule has 0 atom stereocenters. The fraction of sp³-hybridized carbons (Fsp3) is 0.318. The molecule has 0 radical (unpaired) electrons. The number of rotatable bonds is 3. The van der Waals surface area contributed by atoms with Crippen molar-refractivity contribution in [1.82, 2.24) is 5.32 Å². The van der Waals surface area contributed by atoms with Crippen LogP contribution < -0.4 is 5.32 Å². The molecule has 0 amide bonds. The average molecular weight is 335 g/mol. The van der Waals surface area contributed by atoms with Gasteiger partial charge in [-0.1, -0.05) is 36.4 Å². The third-order valence-corrected chi connectivity index (χ3v) is 4.82. The lowest BCUT2D eigenvalue weighted by Gasteiger charge is -2.25. The first-order valence-electron chi connectivity index (χ1n) is 8.54. The van der Waals surface area contributed by atoms with Gasteiger partial charge in [-0.2, -0.15) is 0 Å². The highest BCUT2D eigenvalue weighted by molar-refractivity contribution is 5.89. The van der Waals surface area contributed by atoms with Crippen molar-refractivity contribution in [3.63, 3.8) is 0 Å². The molecule has 0 saturated carbocycles. The van der Waals surface area contributed by atoms with Crippen LogP contribution in [0.25, 0.3) is 12.2 Å². The van der Waals surface area contributed by atoms with Gasteiger partial charge in [0.15, 0.2) is 0 Å². The second-order valence-corrected chi connectivity index (χ2v) is 7.63. The Hall–Kier alpha value is -2.39. The number of hydrogen-bond donors (Lipinski definition) is 1. The van der Waals surface area contributed by atoms with Gasteiger partial charge in [-0.25, -0.2) is 4.79 Å². The summed E-state index contributed by atoms with van der Waals surface area (Å²) in [5.41, 5.74) is 5.44. The zero-order chi connectivity index (χ0) is 18.2. The minimum atomic E-state index is -0.313. The van der Waals surface area contributed by atoms with Crippen LogP contribution in [0.4, 0.5) is 0 Å². The number of ether oxygens (including phenoxy) is 1. The van der Waals surface area contributed by atoms with E-state index in [-0.39, 0.29) is 17.0 Å². The molecule has 0 spiro atoms. The highest BCUT2D eigenvalue weighted by Crippen LogP contribution is 2.41. The van der Waals surface area contributed by atoms with Gasteiger partial charge in [0.1, 0.15) is 0 Å². The molecular weight excluding hydrogens is 310 g/mol. The van der Waals surface area contributed by atoms with Crippen molar-refractivity contribution < 1.29 is 9.53 Å². The standard InChI is InChI=1S/C22H25NO2/c1-21(2)18-13-10-16(14-19(18)22(3,4)23-21)7-6-15-8-11-17(12-9-15)20(24)25-5/h6-14,23H,1-5H3. The first-order chi connectivity index (χ1) is 11.7. The summed E-state index contributed by atoms with van der Waals surface area (Å²) < 4.78 is 4.72. The summed E-state index contributed by atoms with van der Waals surface area (Å²) in [5, 5.41) is 3.69. The Kier molecular flexibility index (Phi) is 4.29. The highest BCUT2D eigenvalue weighted by atomic mass is 16.5. The fourth-order valence-corrected chi connectivity index (χ4v) is 3.68. The van der Waals surface area contributed by atoms with Gasteiger partial charge in [0, 0.05) is 11.1 Å². The average Bonchev–Trinajstić information content (AvgIpc) is 2.77. The van der Waals surface area contributed by atoms with Crippen molar-refractivity contribution in [2.45, 2.75) is 38.8 Å². The van der Waals surface area contributed by atoms with E-state index in [0.29, 0.717) is 5.56 Å². The normalized spacial score (nSPS) is 17.5. The van der Waals surface area contributed by atoms with E-state index in [2.05, 4.69) is 63.4 Å². The molecule has 0 fully saturated rings. The molecule has 3 heteroatoms. The molecule has 0 aliphatic carbocycles. The zero-order valence-corrected chi connectivity index (χ0v) is 15.5. The minimum Gasteiger partial charge on any atom is -0.465 e. The molecule has 3 nitrogen and oxygen atoms in total. The predicted octanol–water partition coefficient (Wildman–Crippen LogP) is 4.72. The Bertz CT molecular complexity index is 830. The monoisotopic (exact) mass is 335 g/mol. The molecule has 25 heavy (non-hydrogen) atoms. The van der Waals surface area contributed by atoms with Gasteiger partial charge in [0.25, 0.3) is 0 Å². The summed E-state index contributed by atoms with van der Waals surface area (Å²) in [6, 6.07) is 14.0. The van der Waals surface area contributed by atoms with Crippen LogP contribution in [0.3, 0.4) is 0 Å². The molecule has 2 aromatic rings. The molecule has 0 aromatic heterocycles.